The van der Waals surface area contributed by atoms with Crippen LogP contribution >= 0.6 is 0 Å². The Morgan fingerprint density at radius 1 is 0.542 bits per heavy atom. The molecule has 0 bridgehead atoms. The van der Waals surface area contributed by atoms with Gasteiger partial charge in [-0.05, 0) is 82.1 Å². The lowest BCUT2D eigenvalue weighted by atomic mass is 10.0. The van der Waals surface area contributed by atoms with Gasteiger partial charge in [-0.1, -0.05) is 77.6 Å². The number of hydrogen-bond acceptors (Lipinski definition) is 9. The summed E-state index contributed by atoms with van der Waals surface area (Å²) in [7, 11) is 0. The average Bonchev–Trinajstić information content (AvgIpc) is 3.27. The van der Waals surface area contributed by atoms with Gasteiger partial charge in [0.25, 0.3) is 0 Å². The minimum Gasteiger partial charge on any atom is -0.465 e. The van der Waals surface area contributed by atoms with E-state index in [2.05, 4.69) is 11.5 Å². The molecule has 59 heavy (non-hydrogen) atoms. The van der Waals surface area contributed by atoms with Gasteiger partial charge in [-0.25, -0.2) is 0 Å². The van der Waals surface area contributed by atoms with Crippen molar-refractivity contribution in [2.45, 2.75) is 193 Å². The summed E-state index contributed by atoms with van der Waals surface area (Å²) in [5.74, 6) is 2.09. The van der Waals surface area contributed by atoms with Crippen molar-refractivity contribution in [3.8, 4) is 34.3 Å². The van der Waals surface area contributed by atoms with E-state index in [9.17, 15) is 0 Å². The fourth-order valence-electron chi connectivity index (χ4n) is 8.87. The second-order valence-corrected chi connectivity index (χ2v) is 17.0. The Kier molecular flexibility index (Phi) is 17.5. The normalized spacial score (nSPS) is 22.6. The van der Waals surface area contributed by atoms with Gasteiger partial charge in [-0.3, -0.25) is 4.79 Å². The summed E-state index contributed by atoms with van der Waals surface area (Å²) in [6, 6.07) is 11.9. The summed E-state index contributed by atoms with van der Waals surface area (Å²) in [6.07, 6.45) is 24.9. The molecule has 5 heterocycles. The number of pyridine rings is 1. The summed E-state index contributed by atoms with van der Waals surface area (Å²) in [5, 5.41) is 0.471. The molecule has 326 valence electrons. The van der Waals surface area contributed by atoms with Gasteiger partial charge in [0.15, 0.2) is 30.9 Å². The molecule has 0 aliphatic carbocycles. The number of rotatable bonds is 22. The van der Waals surface area contributed by atoms with Crippen LogP contribution in [0.2, 0.25) is 0 Å². The standard InChI is InChI=1S/C49H71NO9/c1-2-3-4-5-6-7-8-9-10-11-12-17-30-50-40-35-39(57-43-23-14-19-32-53-43)36-41(58-44-24-15-20-33-54-44)46(40)48(51)49(59-45-25-16-21-34-55-45)47(50)37-26-28-38(29-27-37)56-42-22-13-18-31-52-42/h26-29,35-36,42-45H,2-25,30-34H2,1H3. The number of hydrogen-bond donors (Lipinski definition) is 0. The Labute approximate surface area is 352 Å². The third-order valence-electron chi connectivity index (χ3n) is 12.2. The van der Waals surface area contributed by atoms with Crippen LogP contribution < -0.4 is 24.4 Å². The first-order chi connectivity index (χ1) is 29.2. The number of ether oxygens (including phenoxy) is 8. The van der Waals surface area contributed by atoms with E-state index in [1.54, 1.807) is 0 Å². The van der Waals surface area contributed by atoms with Crippen LogP contribution in [0.1, 0.15) is 161 Å². The van der Waals surface area contributed by atoms with Crippen LogP contribution in [0.3, 0.4) is 0 Å². The van der Waals surface area contributed by atoms with Crippen LogP contribution in [0.4, 0.5) is 0 Å². The Bertz CT molecular complexity index is 1740. The first kappa shape index (κ1) is 43.8. The Balaban J connectivity index is 1.24. The number of aryl methyl sites for hydroxylation is 1. The summed E-state index contributed by atoms with van der Waals surface area (Å²) in [6.45, 7) is 5.57. The molecule has 10 heteroatoms. The van der Waals surface area contributed by atoms with Crippen LogP contribution in [0.25, 0.3) is 22.2 Å². The third kappa shape index (κ3) is 12.9. The van der Waals surface area contributed by atoms with Crippen molar-refractivity contribution in [1.82, 2.24) is 4.57 Å². The molecule has 2 aromatic carbocycles. The van der Waals surface area contributed by atoms with Crippen LogP contribution in [-0.4, -0.2) is 56.2 Å². The fraction of sp³-hybridized carbons (Fsp3) is 0.694. The molecule has 4 unspecified atom stereocenters. The first-order valence-electron chi connectivity index (χ1n) is 23.6. The van der Waals surface area contributed by atoms with Gasteiger partial charge in [-0.2, -0.15) is 0 Å². The number of benzene rings is 2. The SMILES string of the molecule is CCCCCCCCCCCCCCn1c(-c2ccc(OC3CCCCO3)cc2)c(OC2CCCCO2)c(=O)c2c(OC3CCCCO3)cc(OC3CCCCO3)cc21. The maximum absolute atomic E-state index is 15.2. The lowest BCUT2D eigenvalue weighted by Gasteiger charge is -2.29. The van der Waals surface area contributed by atoms with E-state index in [1.165, 1.54) is 64.2 Å². The molecule has 4 saturated heterocycles. The van der Waals surface area contributed by atoms with Crippen molar-refractivity contribution in [1.29, 1.82) is 0 Å². The van der Waals surface area contributed by atoms with Gasteiger partial charge >= 0.3 is 0 Å². The van der Waals surface area contributed by atoms with Gasteiger partial charge in [0.05, 0.1) is 43.0 Å². The largest absolute Gasteiger partial charge is 0.465 e. The second-order valence-electron chi connectivity index (χ2n) is 17.0. The minimum atomic E-state index is -0.518. The highest BCUT2D eigenvalue weighted by Crippen LogP contribution is 2.40. The number of unbranched alkanes of at least 4 members (excludes halogenated alkanes) is 11. The number of nitrogens with zero attached hydrogens (tertiary/aromatic N) is 1. The van der Waals surface area contributed by atoms with Gasteiger partial charge in [0, 0.05) is 49.9 Å². The Morgan fingerprint density at radius 2 is 1.02 bits per heavy atom. The Morgan fingerprint density at radius 3 is 1.53 bits per heavy atom. The molecule has 0 amide bonds. The summed E-state index contributed by atoms with van der Waals surface area (Å²) >= 11 is 0. The van der Waals surface area contributed by atoms with Gasteiger partial charge < -0.3 is 42.5 Å². The van der Waals surface area contributed by atoms with Crippen molar-refractivity contribution in [3.05, 3.63) is 46.6 Å². The molecule has 10 nitrogen and oxygen atoms in total. The van der Waals surface area contributed by atoms with Crippen LogP contribution in [0, 0.1) is 0 Å². The highest BCUT2D eigenvalue weighted by molar-refractivity contribution is 5.92. The molecule has 0 radical (unpaired) electrons. The molecule has 3 aromatic rings. The fourth-order valence-corrected chi connectivity index (χ4v) is 8.87. The molecule has 4 aliphatic heterocycles. The maximum atomic E-state index is 15.2. The van der Waals surface area contributed by atoms with E-state index < -0.39 is 12.6 Å². The minimum absolute atomic E-state index is 0.225. The zero-order valence-electron chi connectivity index (χ0n) is 35.9. The highest BCUT2D eigenvalue weighted by Gasteiger charge is 2.29. The van der Waals surface area contributed by atoms with Crippen LogP contribution in [0.5, 0.6) is 23.0 Å². The van der Waals surface area contributed by atoms with E-state index >= 15 is 4.79 Å². The summed E-state index contributed by atoms with van der Waals surface area (Å²) in [5.41, 5.74) is 2.12. The van der Waals surface area contributed by atoms with E-state index in [4.69, 9.17) is 37.9 Å². The zero-order valence-corrected chi connectivity index (χ0v) is 35.9. The van der Waals surface area contributed by atoms with Crippen LogP contribution in [-0.2, 0) is 25.5 Å². The quantitative estimate of drug-likeness (QED) is 0.0918. The highest BCUT2D eigenvalue weighted by atomic mass is 16.7. The van der Waals surface area contributed by atoms with E-state index in [0.29, 0.717) is 49.9 Å². The van der Waals surface area contributed by atoms with E-state index in [0.717, 1.165) is 112 Å². The second kappa shape index (κ2) is 23.6. The summed E-state index contributed by atoms with van der Waals surface area (Å²) < 4.78 is 52.6. The van der Waals surface area contributed by atoms with Crippen molar-refractivity contribution >= 4 is 10.9 Å². The first-order valence-corrected chi connectivity index (χ1v) is 23.6. The topological polar surface area (TPSA) is 95.8 Å². The molecule has 0 spiro atoms. The molecule has 0 saturated carbocycles. The molecule has 4 aliphatic rings. The zero-order chi connectivity index (χ0) is 40.5. The predicted octanol–water partition coefficient (Wildman–Crippen LogP) is 12.0. The number of fused-ring (bicyclic) bond motifs is 1. The van der Waals surface area contributed by atoms with Crippen molar-refractivity contribution in [3.63, 3.8) is 0 Å². The monoisotopic (exact) mass is 818 g/mol. The molecule has 0 N–H and O–H groups in total. The average molecular weight is 818 g/mol. The van der Waals surface area contributed by atoms with Gasteiger partial charge in [0.1, 0.15) is 17.2 Å². The van der Waals surface area contributed by atoms with Crippen molar-refractivity contribution in [2.75, 3.05) is 26.4 Å². The molecule has 7 rings (SSSR count). The smallest absolute Gasteiger partial charge is 0.235 e. The summed E-state index contributed by atoms with van der Waals surface area (Å²) in [4.78, 5) is 15.2. The van der Waals surface area contributed by atoms with Gasteiger partial charge in [0.2, 0.25) is 5.43 Å². The predicted molar refractivity (Wildman–Crippen MR) is 232 cm³/mol. The lowest BCUT2D eigenvalue weighted by molar-refractivity contribution is -0.108. The lowest BCUT2D eigenvalue weighted by Crippen LogP contribution is -2.29. The maximum Gasteiger partial charge on any atom is 0.235 e. The molecular formula is C49H71NO9. The van der Waals surface area contributed by atoms with E-state index in [1.807, 2.05) is 36.4 Å². The van der Waals surface area contributed by atoms with Crippen molar-refractivity contribution < 1.29 is 37.9 Å². The number of aromatic nitrogens is 1. The molecule has 4 atom stereocenters. The Hall–Kier alpha value is -3.31. The third-order valence-corrected chi connectivity index (χ3v) is 12.2. The molecule has 1 aromatic heterocycles. The van der Waals surface area contributed by atoms with Gasteiger partial charge in [-0.15, -0.1) is 0 Å². The van der Waals surface area contributed by atoms with E-state index in [-0.39, 0.29) is 23.8 Å². The van der Waals surface area contributed by atoms with Crippen molar-refractivity contribution in [2.24, 2.45) is 0 Å². The van der Waals surface area contributed by atoms with Crippen LogP contribution in [0.15, 0.2) is 41.2 Å². The molecule has 4 fully saturated rings. The molecular weight excluding hydrogens is 747 g/mol.